The highest BCUT2D eigenvalue weighted by molar-refractivity contribution is 7.18. The van der Waals surface area contributed by atoms with Crippen LogP contribution in [0.5, 0.6) is 0 Å². The summed E-state index contributed by atoms with van der Waals surface area (Å²) in [6.07, 6.45) is 4.52. The molecule has 4 heterocycles. The van der Waals surface area contributed by atoms with Crippen molar-refractivity contribution < 1.29 is 4.57 Å². The minimum Gasteiger partial charge on any atom is -0.314 e. The fraction of sp³-hybridized carbons (Fsp3) is 0.136. The van der Waals surface area contributed by atoms with Gasteiger partial charge in [-0.05, 0) is 35.7 Å². The van der Waals surface area contributed by atoms with Crippen molar-refractivity contribution in [2.24, 2.45) is 7.05 Å². The van der Waals surface area contributed by atoms with Crippen LogP contribution in [0.15, 0.2) is 48.1 Å². The largest absolute Gasteiger partial charge is 0.314 e. The molecule has 0 saturated carbocycles. The first kappa shape index (κ1) is 13.6. The summed E-state index contributed by atoms with van der Waals surface area (Å²) in [7, 11) is 2.17. The van der Waals surface area contributed by atoms with Crippen LogP contribution in [-0.4, -0.2) is 4.40 Å². The van der Waals surface area contributed by atoms with Gasteiger partial charge in [0.1, 0.15) is 7.05 Å². The van der Waals surface area contributed by atoms with E-state index in [2.05, 4.69) is 78.0 Å². The highest BCUT2D eigenvalue weighted by Crippen LogP contribution is 2.43. The van der Waals surface area contributed by atoms with Gasteiger partial charge in [0.05, 0.1) is 21.8 Å². The SMILES string of the molecule is Cc1cn2c3csc4cc[n+](C)c(c5c(C)c6ccccc6c1c52)c43. The van der Waals surface area contributed by atoms with Crippen LogP contribution in [0.25, 0.3) is 48.2 Å². The Bertz CT molecular complexity index is 1470. The van der Waals surface area contributed by atoms with E-state index < -0.39 is 0 Å². The Balaban J connectivity index is 2.15. The first-order valence-electron chi connectivity index (χ1n) is 8.60. The fourth-order valence-electron chi connectivity index (χ4n) is 4.67. The lowest BCUT2D eigenvalue weighted by Crippen LogP contribution is -2.28. The van der Waals surface area contributed by atoms with Crippen molar-refractivity contribution in [3.63, 3.8) is 0 Å². The van der Waals surface area contributed by atoms with E-state index in [9.17, 15) is 0 Å². The summed E-state index contributed by atoms with van der Waals surface area (Å²) in [5, 5.41) is 9.20. The molecule has 0 radical (unpaired) electrons. The van der Waals surface area contributed by atoms with Crippen LogP contribution in [0, 0.1) is 13.8 Å². The number of rotatable bonds is 0. The Kier molecular flexibility index (Phi) is 2.34. The van der Waals surface area contributed by atoms with Crippen LogP contribution in [0.2, 0.25) is 0 Å². The smallest absolute Gasteiger partial charge is 0.225 e. The molecule has 0 fully saturated rings. The fourth-order valence-corrected chi connectivity index (χ4v) is 5.60. The summed E-state index contributed by atoms with van der Waals surface area (Å²) in [4.78, 5) is 0. The number of benzene rings is 2. The molecule has 0 bridgehead atoms. The number of aryl methyl sites for hydroxylation is 3. The van der Waals surface area contributed by atoms with Gasteiger partial charge >= 0.3 is 0 Å². The Morgan fingerprint density at radius 3 is 2.60 bits per heavy atom. The number of aromatic nitrogens is 2. The third kappa shape index (κ3) is 1.45. The van der Waals surface area contributed by atoms with E-state index in [1.165, 1.54) is 59.3 Å². The summed E-state index contributed by atoms with van der Waals surface area (Å²) in [5.74, 6) is 0. The topological polar surface area (TPSA) is 8.29 Å². The zero-order valence-electron chi connectivity index (χ0n) is 14.4. The van der Waals surface area contributed by atoms with Crippen LogP contribution in [0.1, 0.15) is 11.1 Å². The molecule has 6 rings (SSSR count). The van der Waals surface area contributed by atoms with Crippen molar-refractivity contribution in [1.29, 1.82) is 0 Å². The molecule has 120 valence electrons. The third-order valence-corrected chi connectivity index (χ3v) is 6.68. The van der Waals surface area contributed by atoms with E-state index >= 15 is 0 Å². The average molecular weight is 341 g/mol. The lowest BCUT2D eigenvalue weighted by molar-refractivity contribution is -0.643. The van der Waals surface area contributed by atoms with Crippen LogP contribution in [0.4, 0.5) is 0 Å². The van der Waals surface area contributed by atoms with E-state index in [-0.39, 0.29) is 0 Å². The predicted molar refractivity (Wildman–Crippen MR) is 107 cm³/mol. The maximum absolute atomic E-state index is 2.42. The molecule has 0 aliphatic carbocycles. The van der Waals surface area contributed by atoms with Gasteiger partial charge in [-0.1, -0.05) is 24.3 Å². The van der Waals surface area contributed by atoms with Gasteiger partial charge in [0.2, 0.25) is 5.52 Å². The van der Waals surface area contributed by atoms with E-state index in [1.807, 2.05) is 11.3 Å². The molecule has 2 nitrogen and oxygen atoms in total. The molecule has 0 saturated heterocycles. The van der Waals surface area contributed by atoms with Crippen molar-refractivity contribution in [3.8, 4) is 0 Å². The number of pyridine rings is 2. The van der Waals surface area contributed by atoms with Gasteiger partial charge in [-0.25, -0.2) is 4.57 Å². The van der Waals surface area contributed by atoms with Crippen LogP contribution < -0.4 is 4.57 Å². The van der Waals surface area contributed by atoms with Crippen molar-refractivity contribution in [3.05, 3.63) is 59.2 Å². The number of hydrogen-bond donors (Lipinski definition) is 0. The summed E-state index contributed by atoms with van der Waals surface area (Å²) >= 11 is 1.84. The Hall–Kier alpha value is -2.65. The molecule has 6 aromatic rings. The molecule has 0 N–H and O–H groups in total. The lowest BCUT2D eigenvalue weighted by atomic mass is 9.94. The second-order valence-corrected chi connectivity index (χ2v) is 8.00. The average Bonchev–Trinajstić information content (AvgIpc) is 3.19. The zero-order chi connectivity index (χ0) is 16.9. The van der Waals surface area contributed by atoms with Gasteiger partial charge in [0.25, 0.3) is 0 Å². The quantitative estimate of drug-likeness (QED) is 0.196. The van der Waals surface area contributed by atoms with Crippen molar-refractivity contribution in [2.45, 2.75) is 13.8 Å². The first-order chi connectivity index (χ1) is 12.2. The number of fused-ring (bicyclic) bond motifs is 4. The van der Waals surface area contributed by atoms with E-state index in [0.717, 1.165) is 0 Å². The molecule has 3 heteroatoms. The van der Waals surface area contributed by atoms with E-state index in [4.69, 9.17) is 0 Å². The summed E-state index contributed by atoms with van der Waals surface area (Å²) < 4.78 is 6.08. The van der Waals surface area contributed by atoms with Gasteiger partial charge < -0.3 is 4.40 Å². The summed E-state index contributed by atoms with van der Waals surface area (Å²) in [5.41, 5.74) is 6.77. The highest BCUT2D eigenvalue weighted by atomic mass is 32.1. The minimum atomic E-state index is 1.33. The van der Waals surface area contributed by atoms with Gasteiger partial charge in [-0.15, -0.1) is 11.3 Å². The maximum atomic E-state index is 2.42. The minimum absolute atomic E-state index is 1.33. The predicted octanol–water partition coefficient (Wildman–Crippen LogP) is 5.49. The molecule has 4 aromatic heterocycles. The maximum Gasteiger partial charge on any atom is 0.225 e. The molecule has 25 heavy (non-hydrogen) atoms. The van der Waals surface area contributed by atoms with Crippen LogP contribution >= 0.6 is 11.3 Å². The standard InChI is InChI=1S/C22H17N2S/c1-12-10-24-16-11-25-17-8-9-23(3)21(20(16)17)19-13(2)14-6-4-5-7-15(14)18(12)22(19)24/h4-11H,1-3H3/q+1. The van der Waals surface area contributed by atoms with Gasteiger partial charge in [0, 0.05) is 27.7 Å². The molecule has 0 aliphatic heterocycles. The molecule has 0 amide bonds. The number of thiophene rings is 1. The molecule has 2 aromatic carbocycles. The molecule has 0 atom stereocenters. The molecular weight excluding hydrogens is 324 g/mol. The van der Waals surface area contributed by atoms with Crippen LogP contribution in [0.3, 0.4) is 0 Å². The first-order valence-corrected chi connectivity index (χ1v) is 9.48. The summed E-state index contributed by atoms with van der Waals surface area (Å²) in [6.45, 7) is 4.52. The number of nitrogens with zero attached hydrogens (tertiary/aromatic N) is 2. The Morgan fingerprint density at radius 2 is 1.76 bits per heavy atom. The molecule has 0 spiro atoms. The molecule has 0 unspecified atom stereocenters. The molecule has 0 aliphatic rings. The lowest BCUT2D eigenvalue weighted by Gasteiger charge is -2.12. The normalized spacial score (nSPS) is 12.6. The Morgan fingerprint density at radius 1 is 0.960 bits per heavy atom. The van der Waals surface area contributed by atoms with Crippen molar-refractivity contribution >= 4 is 59.5 Å². The molecular formula is C22H17N2S+. The third-order valence-electron chi connectivity index (χ3n) is 5.74. The number of hydrogen-bond acceptors (Lipinski definition) is 1. The van der Waals surface area contributed by atoms with E-state index in [1.54, 1.807) is 0 Å². The van der Waals surface area contributed by atoms with Gasteiger partial charge in [0.15, 0.2) is 6.20 Å². The van der Waals surface area contributed by atoms with Crippen molar-refractivity contribution in [1.82, 2.24) is 4.40 Å². The van der Waals surface area contributed by atoms with Gasteiger partial charge in [-0.3, -0.25) is 0 Å². The van der Waals surface area contributed by atoms with Crippen molar-refractivity contribution in [2.75, 3.05) is 0 Å². The summed E-state index contributed by atoms with van der Waals surface area (Å²) in [6, 6.07) is 11.1. The Labute approximate surface area is 148 Å². The second kappa shape index (κ2) is 4.30. The zero-order valence-corrected chi connectivity index (χ0v) is 15.2. The monoisotopic (exact) mass is 341 g/mol. The van der Waals surface area contributed by atoms with Crippen LogP contribution in [-0.2, 0) is 7.05 Å². The highest BCUT2D eigenvalue weighted by Gasteiger charge is 2.24. The van der Waals surface area contributed by atoms with Gasteiger partial charge in [-0.2, -0.15) is 0 Å². The van der Waals surface area contributed by atoms with E-state index in [0.29, 0.717) is 0 Å². The second-order valence-electron chi connectivity index (χ2n) is 7.09.